The lowest BCUT2D eigenvalue weighted by atomic mass is 10.1. The Kier molecular flexibility index (Phi) is 10.4. The highest BCUT2D eigenvalue weighted by Crippen LogP contribution is 2.37. The summed E-state index contributed by atoms with van der Waals surface area (Å²) in [6.45, 7) is 1.71. The van der Waals surface area contributed by atoms with Crippen LogP contribution in [0.4, 0.5) is 0 Å². The van der Waals surface area contributed by atoms with E-state index in [4.69, 9.17) is 14.2 Å². The predicted molar refractivity (Wildman–Crippen MR) is 159 cm³/mol. The van der Waals surface area contributed by atoms with Crippen LogP contribution in [0.15, 0.2) is 121 Å². The summed E-state index contributed by atoms with van der Waals surface area (Å²) in [5.41, 5.74) is 4.79. The molecule has 0 bridgehead atoms. The van der Waals surface area contributed by atoms with Gasteiger partial charge in [-0.1, -0.05) is 121 Å². The number of thioether (sulfide) groups is 2. The molecule has 1 saturated heterocycles. The number of rotatable bonds is 12. The van der Waals surface area contributed by atoms with Crippen molar-refractivity contribution in [1.29, 1.82) is 0 Å². The van der Waals surface area contributed by atoms with E-state index in [0.717, 1.165) is 17.1 Å². The van der Waals surface area contributed by atoms with Crippen molar-refractivity contribution in [1.82, 2.24) is 0 Å². The lowest BCUT2D eigenvalue weighted by Crippen LogP contribution is -2.53. The Hall–Kier alpha value is -2.54. The molecule has 0 spiro atoms. The van der Waals surface area contributed by atoms with Crippen molar-refractivity contribution in [3.63, 3.8) is 0 Å². The van der Waals surface area contributed by atoms with Crippen LogP contribution in [0, 0.1) is 0 Å². The van der Waals surface area contributed by atoms with Gasteiger partial charge in [0.2, 0.25) is 0 Å². The van der Waals surface area contributed by atoms with E-state index in [1.165, 1.54) is 16.7 Å². The molecule has 0 saturated carbocycles. The van der Waals surface area contributed by atoms with Crippen LogP contribution in [-0.2, 0) is 38.9 Å². The van der Waals surface area contributed by atoms with Crippen LogP contribution in [-0.4, -0.2) is 29.5 Å². The highest BCUT2D eigenvalue weighted by molar-refractivity contribution is 7.99. The zero-order valence-electron chi connectivity index (χ0n) is 21.4. The van der Waals surface area contributed by atoms with Gasteiger partial charge >= 0.3 is 0 Å². The fraction of sp³-hybridized carbons (Fsp3) is 0.273. The molecular weight excluding hydrogens is 508 g/mol. The first kappa shape index (κ1) is 27.0. The third kappa shape index (κ3) is 7.98. The van der Waals surface area contributed by atoms with Gasteiger partial charge in [-0.3, -0.25) is 0 Å². The van der Waals surface area contributed by atoms with Gasteiger partial charge in [0.05, 0.1) is 25.1 Å². The zero-order chi connectivity index (χ0) is 25.8. The maximum absolute atomic E-state index is 6.71. The van der Waals surface area contributed by atoms with E-state index in [1.807, 2.05) is 23.9 Å². The van der Waals surface area contributed by atoms with Crippen molar-refractivity contribution in [2.75, 3.05) is 6.61 Å². The molecule has 0 N–H and O–H groups in total. The van der Waals surface area contributed by atoms with Gasteiger partial charge in [-0.05, 0) is 22.3 Å². The predicted octanol–water partition coefficient (Wildman–Crippen LogP) is 7.75. The van der Waals surface area contributed by atoms with Crippen molar-refractivity contribution < 1.29 is 14.2 Å². The molecule has 4 atom stereocenters. The minimum absolute atomic E-state index is 0.102. The van der Waals surface area contributed by atoms with Crippen LogP contribution in [0.3, 0.4) is 0 Å². The van der Waals surface area contributed by atoms with Crippen LogP contribution in [0.1, 0.15) is 22.3 Å². The molecule has 1 fully saturated rings. The molecule has 1 aliphatic rings. The second-order valence-electron chi connectivity index (χ2n) is 9.36. The Morgan fingerprint density at radius 3 is 1.45 bits per heavy atom. The molecule has 5 heteroatoms. The van der Waals surface area contributed by atoms with Crippen molar-refractivity contribution >= 4 is 23.5 Å². The van der Waals surface area contributed by atoms with Crippen molar-refractivity contribution in [3.05, 3.63) is 144 Å². The molecule has 0 amide bonds. The third-order valence-electron chi connectivity index (χ3n) is 6.52. The molecule has 0 unspecified atom stereocenters. The second kappa shape index (κ2) is 14.6. The van der Waals surface area contributed by atoms with E-state index in [2.05, 4.69) is 109 Å². The molecule has 3 nitrogen and oxygen atoms in total. The van der Waals surface area contributed by atoms with Crippen LogP contribution >= 0.6 is 23.5 Å². The normalized spacial score (nSPS) is 21.3. The number of ether oxygens (including phenoxy) is 3. The van der Waals surface area contributed by atoms with E-state index in [0.29, 0.717) is 19.8 Å². The lowest BCUT2D eigenvalue weighted by molar-refractivity contribution is -0.155. The summed E-state index contributed by atoms with van der Waals surface area (Å²) in [6, 6.07) is 41.9. The third-order valence-corrected chi connectivity index (χ3v) is 9.08. The SMILES string of the molecule is c1ccc(CO[C@H]2[C@H](OCc3ccccc3)[C@H](SCc3ccccc3)OC[C@H]2SCc2ccccc2)cc1. The maximum atomic E-state index is 6.71. The fourth-order valence-corrected chi connectivity index (χ4v) is 6.81. The summed E-state index contributed by atoms with van der Waals surface area (Å²) in [5, 5.41) is 0.160. The Balaban J connectivity index is 1.35. The maximum Gasteiger partial charge on any atom is 0.132 e. The van der Waals surface area contributed by atoms with E-state index in [-0.39, 0.29) is 22.9 Å². The van der Waals surface area contributed by atoms with Crippen LogP contribution in [0.25, 0.3) is 0 Å². The molecule has 1 aliphatic heterocycles. The van der Waals surface area contributed by atoms with Gasteiger partial charge in [0, 0.05) is 11.5 Å². The molecule has 1 heterocycles. The van der Waals surface area contributed by atoms with Crippen LogP contribution in [0.2, 0.25) is 0 Å². The minimum Gasteiger partial charge on any atom is -0.369 e. The average molecular weight is 543 g/mol. The summed E-state index contributed by atoms with van der Waals surface area (Å²) >= 11 is 3.70. The van der Waals surface area contributed by atoms with Crippen LogP contribution in [0.5, 0.6) is 0 Å². The Bertz CT molecular complexity index is 1100. The summed E-state index contributed by atoms with van der Waals surface area (Å²) in [6.07, 6.45) is -0.302. The summed E-state index contributed by atoms with van der Waals surface area (Å²) in [7, 11) is 0. The fourth-order valence-electron chi connectivity index (χ4n) is 4.47. The molecular formula is C33H34O3S2. The van der Waals surface area contributed by atoms with Gasteiger partial charge in [-0.25, -0.2) is 0 Å². The number of hydrogen-bond donors (Lipinski definition) is 0. The van der Waals surface area contributed by atoms with Gasteiger partial charge in [0.1, 0.15) is 17.6 Å². The van der Waals surface area contributed by atoms with E-state index in [9.17, 15) is 0 Å². The zero-order valence-corrected chi connectivity index (χ0v) is 23.1. The van der Waals surface area contributed by atoms with Gasteiger partial charge in [-0.2, -0.15) is 0 Å². The van der Waals surface area contributed by atoms with E-state index in [1.54, 1.807) is 11.8 Å². The van der Waals surface area contributed by atoms with Crippen molar-refractivity contribution in [3.8, 4) is 0 Å². The lowest BCUT2D eigenvalue weighted by Gasteiger charge is -2.42. The van der Waals surface area contributed by atoms with Crippen molar-refractivity contribution in [2.45, 2.75) is 47.6 Å². The molecule has 0 aromatic heterocycles. The largest absolute Gasteiger partial charge is 0.369 e. The Labute approximate surface area is 234 Å². The minimum atomic E-state index is -0.199. The molecule has 5 rings (SSSR count). The first-order valence-electron chi connectivity index (χ1n) is 13.1. The number of hydrogen-bond acceptors (Lipinski definition) is 5. The van der Waals surface area contributed by atoms with E-state index < -0.39 is 0 Å². The topological polar surface area (TPSA) is 27.7 Å². The molecule has 0 radical (unpaired) electrons. The number of benzene rings is 4. The van der Waals surface area contributed by atoms with Gasteiger partial charge in [0.25, 0.3) is 0 Å². The highest BCUT2D eigenvalue weighted by atomic mass is 32.2. The second-order valence-corrected chi connectivity index (χ2v) is 11.7. The Morgan fingerprint density at radius 1 is 0.526 bits per heavy atom. The summed E-state index contributed by atoms with van der Waals surface area (Å²) in [5.74, 6) is 1.78. The van der Waals surface area contributed by atoms with Gasteiger partial charge in [0.15, 0.2) is 0 Å². The van der Waals surface area contributed by atoms with E-state index >= 15 is 0 Å². The molecule has 38 heavy (non-hydrogen) atoms. The molecule has 196 valence electrons. The monoisotopic (exact) mass is 542 g/mol. The quantitative estimate of drug-likeness (QED) is 0.182. The van der Waals surface area contributed by atoms with Crippen LogP contribution < -0.4 is 0 Å². The van der Waals surface area contributed by atoms with Crippen molar-refractivity contribution in [2.24, 2.45) is 0 Å². The summed E-state index contributed by atoms with van der Waals surface area (Å²) < 4.78 is 19.9. The molecule has 0 aliphatic carbocycles. The first-order valence-corrected chi connectivity index (χ1v) is 15.2. The smallest absolute Gasteiger partial charge is 0.132 e. The molecule has 4 aromatic rings. The average Bonchev–Trinajstić information content (AvgIpc) is 2.99. The van der Waals surface area contributed by atoms with Gasteiger partial charge in [-0.15, -0.1) is 23.5 Å². The standard InChI is InChI=1S/C33H34O3S2/c1-5-13-26(14-6-1)21-34-31-30(37-24-28-17-9-3-10-18-28)23-36-33(38-25-29-19-11-4-12-20-29)32(31)35-22-27-15-7-2-8-16-27/h1-20,30-33H,21-25H2/t30-,31-,32+,33+/m1/s1. The first-order chi connectivity index (χ1) is 18.8. The Morgan fingerprint density at radius 2 is 0.947 bits per heavy atom. The molecule has 4 aromatic carbocycles. The highest BCUT2D eigenvalue weighted by Gasteiger charge is 2.42. The summed E-state index contributed by atoms with van der Waals surface area (Å²) in [4.78, 5) is 0. The van der Waals surface area contributed by atoms with Gasteiger partial charge < -0.3 is 14.2 Å².